The molecule has 3 rings (SSSR count). The summed E-state index contributed by atoms with van der Waals surface area (Å²) in [6.45, 7) is 4.08. The first-order chi connectivity index (χ1) is 14.0. The molecule has 7 nitrogen and oxygen atoms in total. The van der Waals surface area contributed by atoms with Gasteiger partial charge in [0.05, 0.1) is 29.6 Å². The van der Waals surface area contributed by atoms with Crippen LogP contribution in [0.3, 0.4) is 0 Å². The van der Waals surface area contributed by atoms with Crippen LogP contribution in [0.5, 0.6) is 0 Å². The van der Waals surface area contributed by atoms with Crippen molar-refractivity contribution in [3.8, 4) is 11.8 Å². The van der Waals surface area contributed by atoms with E-state index in [-0.39, 0.29) is 30.3 Å². The average molecular weight is 410 g/mol. The number of hydrogen-bond acceptors (Lipinski definition) is 6. The molecule has 9 heteroatoms. The van der Waals surface area contributed by atoms with E-state index in [1.54, 1.807) is 16.8 Å². The highest BCUT2D eigenvalue weighted by Gasteiger charge is 2.20. The lowest BCUT2D eigenvalue weighted by atomic mass is 10.1. The molecule has 1 aromatic heterocycles. The number of carbonyl (C=O) groups is 1. The summed E-state index contributed by atoms with van der Waals surface area (Å²) >= 11 is 1.16. The summed E-state index contributed by atoms with van der Waals surface area (Å²) in [5.74, 6) is -0.833. The summed E-state index contributed by atoms with van der Waals surface area (Å²) in [7, 11) is 0. The fraction of sp³-hybridized carbons (Fsp3) is 0.250. The van der Waals surface area contributed by atoms with Crippen molar-refractivity contribution >= 4 is 23.4 Å². The first-order valence-corrected chi connectivity index (χ1v) is 9.90. The number of thioether (sulfide) groups is 1. The van der Waals surface area contributed by atoms with Crippen LogP contribution >= 0.6 is 11.8 Å². The number of tetrazole rings is 1. The van der Waals surface area contributed by atoms with Crippen molar-refractivity contribution in [3.05, 3.63) is 59.4 Å². The van der Waals surface area contributed by atoms with Crippen molar-refractivity contribution in [1.82, 2.24) is 20.2 Å². The van der Waals surface area contributed by atoms with Crippen molar-refractivity contribution in [2.24, 2.45) is 0 Å². The van der Waals surface area contributed by atoms with Crippen LogP contribution in [0.25, 0.3) is 5.69 Å². The minimum absolute atomic E-state index is 0.00501. The van der Waals surface area contributed by atoms with Gasteiger partial charge in [0.15, 0.2) is 0 Å². The van der Waals surface area contributed by atoms with Gasteiger partial charge in [0, 0.05) is 6.54 Å². The molecule has 1 amide bonds. The Hall–Kier alpha value is -3.25. The Bertz CT molecular complexity index is 1060. The number of carbonyl (C=O) groups excluding carboxylic acids is 1. The molecule has 0 saturated carbocycles. The van der Waals surface area contributed by atoms with Crippen LogP contribution in [0.4, 0.5) is 10.1 Å². The number of para-hydroxylation sites is 1. The van der Waals surface area contributed by atoms with E-state index in [4.69, 9.17) is 5.26 Å². The van der Waals surface area contributed by atoms with Gasteiger partial charge in [-0.05, 0) is 48.0 Å². The Balaban J connectivity index is 1.78. The predicted molar refractivity (Wildman–Crippen MR) is 108 cm³/mol. The number of anilines is 1. The fourth-order valence-corrected chi connectivity index (χ4v) is 3.64. The molecule has 0 aliphatic carbocycles. The molecule has 0 saturated heterocycles. The normalized spacial score (nSPS) is 10.6. The molecule has 29 heavy (non-hydrogen) atoms. The summed E-state index contributed by atoms with van der Waals surface area (Å²) < 4.78 is 15.8. The fourth-order valence-electron chi connectivity index (χ4n) is 2.88. The lowest BCUT2D eigenvalue weighted by Gasteiger charge is -2.22. The number of aromatic nitrogens is 4. The highest BCUT2D eigenvalue weighted by molar-refractivity contribution is 7.99. The third-order valence-electron chi connectivity index (χ3n) is 4.24. The van der Waals surface area contributed by atoms with E-state index in [1.807, 2.05) is 38.1 Å². The molecule has 0 spiro atoms. The molecule has 0 radical (unpaired) electrons. The molecule has 1 heterocycles. The van der Waals surface area contributed by atoms with Crippen molar-refractivity contribution in [2.45, 2.75) is 25.4 Å². The Morgan fingerprint density at radius 2 is 2.07 bits per heavy atom. The summed E-state index contributed by atoms with van der Waals surface area (Å²) in [5, 5.41) is 21.1. The largest absolute Gasteiger partial charge is 0.308 e. The molecule has 0 atom stereocenters. The quantitative estimate of drug-likeness (QED) is 0.555. The molecular weight excluding hydrogens is 391 g/mol. The zero-order valence-corrected chi connectivity index (χ0v) is 16.9. The number of halogens is 1. The van der Waals surface area contributed by atoms with E-state index in [9.17, 15) is 9.18 Å². The second kappa shape index (κ2) is 9.30. The van der Waals surface area contributed by atoms with Gasteiger partial charge >= 0.3 is 0 Å². The number of nitrogens with zero attached hydrogens (tertiary/aromatic N) is 6. The third kappa shape index (κ3) is 4.78. The van der Waals surface area contributed by atoms with E-state index < -0.39 is 5.82 Å². The van der Waals surface area contributed by atoms with Crippen LogP contribution < -0.4 is 4.90 Å². The maximum Gasteiger partial charge on any atom is 0.237 e. The maximum atomic E-state index is 14.2. The molecule has 3 aromatic rings. The van der Waals surface area contributed by atoms with Gasteiger partial charge < -0.3 is 4.90 Å². The summed E-state index contributed by atoms with van der Waals surface area (Å²) in [6.07, 6.45) is 0.102. The van der Waals surface area contributed by atoms with Crippen LogP contribution in [0.2, 0.25) is 0 Å². The van der Waals surface area contributed by atoms with Crippen molar-refractivity contribution in [1.29, 1.82) is 5.26 Å². The van der Waals surface area contributed by atoms with Gasteiger partial charge in [0.25, 0.3) is 0 Å². The van der Waals surface area contributed by atoms with Gasteiger partial charge in [-0.25, -0.2) is 4.39 Å². The SMILES string of the molecule is Cc1ccc(-n2nnnc2SCC(=O)N(CCC#N)c2ccccc2F)c(C)c1. The van der Waals surface area contributed by atoms with Crippen LogP contribution in [-0.2, 0) is 4.79 Å². The van der Waals surface area contributed by atoms with Gasteiger partial charge in [0.1, 0.15) is 5.82 Å². The molecule has 0 aliphatic heterocycles. The number of nitriles is 1. The minimum atomic E-state index is -0.510. The Kier molecular flexibility index (Phi) is 6.57. The third-order valence-corrected chi connectivity index (χ3v) is 5.14. The zero-order valence-electron chi connectivity index (χ0n) is 16.0. The van der Waals surface area contributed by atoms with Gasteiger partial charge in [-0.1, -0.05) is 41.6 Å². The lowest BCUT2D eigenvalue weighted by molar-refractivity contribution is -0.116. The first kappa shape index (κ1) is 20.5. The Labute approximate surface area is 172 Å². The summed E-state index contributed by atoms with van der Waals surface area (Å²) in [6, 6.07) is 13.9. The van der Waals surface area contributed by atoms with Crippen molar-refractivity contribution in [2.75, 3.05) is 17.2 Å². The van der Waals surface area contributed by atoms with Gasteiger partial charge in [0.2, 0.25) is 11.1 Å². The molecule has 0 N–H and O–H groups in total. The predicted octanol–water partition coefficient (Wildman–Crippen LogP) is 3.46. The molecule has 0 aliphatic rings. The topological polar surface area (TPSA) is 87.7 Å². The maximum absolute atomic E-state index is 14.2. The number of aryl methyl sites for hydroxylation is 2. The first-order valence-electron chi connectivity index (χ1n) is 8.92. The zero-order chi connectivity index (χ0) is 20.8. The molecular formula is C20H19FN6OS. The van der Waals surface area contributed by atoms with E-state index in [0.717, 1.165) is 28.6 Å². The summed E-state index contributed by atoms with van der Waals surface area (Å²) in [4.78, 5) is 14.1. The standard InChI is InChI=1S/C20H19FN6OS/c1-14-8-9-17(15(2)12-14)27-20(23-24-25-27)29-13-19(28)26(11-5-10-22)18-7-4-3-6-16(18)21/h3-4,6-9,12H,5,11,13H2,1-2H3. The monoisotopic (exact) mass is 410 g/mol. The number of hydrogen-bond donors (Lipinski definition) is 0. The second-order valence-corrected chi connectivity index (χ2v) is 7.30. The van der Waals surface area contributed by atoms with Crippen LogP contribution in [-0.4, -0.2) is 38.4 Å². The number of rotatable bonds is 7. The van der Waals surface area contributed by atoms with E-state index >= 15 is 0 Å². The number of amides is 1. The Morgan fingerprint density at radius 3 is 2.79 bits per heavy atom. The molecule has 0 unspecified atom stereocenters. The minimum Gasteiger partial charge on any atom is -0.308 e. The highest BCUT2D eigenvalue weighted by atomic mass is 32.2. The van der Waals surface area contributed by atoms with Gasteiger partial charge in [-0.2, -0.15) is 9.94 Å². The lowest BCUT2D eigenvalue weighted by Crippen LogP contribution is -2.34. The molecule has 148 valence electrons. The highest BCUT2D eigenvalue weighted by Crippen LogP contribution is 2.24. The molecule has 0 fully saturated rings. The Morgan fingerprint density at radius 1 is 1.28 bits per heavy atom. The molecule has 2 aromatic carbocycles. The second-order valence-electron chi connectivity index (χ2n) is 6.36. The van der Waals surface area contributed by atoms with Crippen LogP contribution in [0.15, 0.2) is 47.6 Å². The molecule has 0 bridgehead atoms. The van der Waals surface area contributed by atoms with E-state index in [0.29, 0.717) is 5.16 Å². The van der Waals surface area contributed by atoms with Gasteiger partial charge in [-0.3, -0.25) is 4.79 Å². The van der Waals surface area contributed by atoms with E-state index in [1.165, 1.54) is 17.0 Å². The smallest absolute Gasteiger partial charge is 0.237 e. The van der Waals surface area contributed by atoms with E-state index in [2.05, 4.69) is 15.5 Å². The van der Waals surface area contributed by atoms with Crippen LogP contribution in [0, 0.1) is 31.0 Å². The average Bonchev–Trinajstić information content (AvgIpc) is 3.16. The summed E-state index contributed by atoms with van der Waals surface area (Å²) in [5.41, 5.74) is 3.11. The van der Waals surface area contributed by atoms with Crippen LogP contribution in [0.1, 0.15) is 17.5 Å². The van der Waals surface area contributed by atoms with Crippen molar-refractivity contribution < 1.29 is 9.18 Å². The number of benzene rings is 2. The van der Waals surface area contributed by atoms with Crippen molar-refractivity contribution in [3.63, 3.8) is 0 Å². The van der Waals surface area contributed by atoms with Gasteiger partial charge in [-0.15, -0.1) is 5.10 Å².